The molecule has 0 amide bonds. The molecule has 1 N–H and O–H groups in total. The Morgan fingerprint density at radius 1 is 1.50 bits per heavy atom. The molecule has 16 heavy (non-hydrogen) atoms. The van der Waals surface area contributed by atoms with E-state index in [2.05, 4.69) is 26.0 Å². The third-order valence-electron chi connectivity index (χ3n) is 3.39. The summed E-state index contributed by atoms with van der Waals surface area (Å²) in [6.07, 6.45) is 2.93. The molecule has 0 aromatic carbocycles. The van der Waals surface area contributed by atoms with Gasteiger partial charge in [0.1, 0.15) is 0 Å². The van der Waals surface area contributed by atoms with Crippen molar-refractivity contribution in [3.63, 3.8) is 0 Å². The first-order valence-corrected chi connectivity index (χ1v) is 6.96. The number of hydrogen-bond acceptors (Lipinski definition) is 3. The molecule has 1 aliphatic heterocycles. The Kier molecular flexibility index (Phi) is 4.00. The van der Waals surface area contributed by atoms with Crippen molar-refractivity contribution in [1.82, 2.24) is 0 Å². The highest BCUT2D eigenvalue weighted by atomic mass is 32.1. The highest BCUT2D eigenvalue weighted by Gasteiger charge is 2.33. The Balaban J connectivity index is 2.08. The van der Waals surface area contributed by atoms with Gasteiger partial charge in [-0.25, -0.2) is 0 Å². The van der Waals surface area contributed by atoms with Crippen LogP contribution in [0.1, 0.15) is 42.5 Å². The van der Waals surface area contributed by atoms with Crippen LogP contribution in [0.4, 0.5) is 0 Å². The zero-order valence-electron chi connectivity index (χ0n) is 9.98. The lowest BCUT2D eigenvalue weighted by Crippen LogP contribution is -2.21. The Morgan fingerprint density at radius 3 is 2.94 bits per heavy atom. The minimum absolute atomic E-state index is 0.238. The molecular weight excluding hydrogens is 220 g/mol. The second-order valence-corrected chi connectivity index (χ2v) is 5.57. The molecule has 0 radical (unpaired) electrons. The lowest BCUT2D eigenvalue weighted by Gasteiger charge is -2.21. The van der Waals surface area contributed by atoms with E-state index < -0.39 is 0 Å². The maximum atomic E-state index is 10.4. The Labute approximate surface area is 101 Å². The average molecular weight is 240 g/mol. The molecule has 1 aliphatic rings. The molecule has 1 aromatic heterocycles. The third kappa shape index (κ3) is 2.31. The van der Waals surface area contributed by atoms with Crippen molar-refractivity contribution < 1.29 is 9.84 Å². The fourth-order valence-electron chi connectivity index (χ4n) is 2.40. The third-order valence-corrected chi connectivity index (χ3v) is 4.69. The fraction of sp³-hybridized carbons (Fsp3) is 0.692. The highest BCUT2D eigenvalue weighted by Crippen LogP contribution is 2.37. The van der Waals surface area contributed by atoms with E-state index in [9.17, 15) is 5.11 Å². The molecule has 2 rings (SSSR count). The van der Waals surface area contributed by atoms with E-state index in [1.54, 1.807) is 11.3 Å². The van der Waals surface area contributed by atoms with Crippen LogP contribution in [0, 0.1) is 5.92 Å². The predicted octanol–water partition coefficient (Wildman–Crippen LogP) is 3.16. The normalized spacial score (nSPS) is 27.2. The van der Waals surface area contributed by atoms with Crippen LogP contribution >= 0.6 is 11.3 Å². The van der Waals surface area contributed by atoms with Crippen LogP contribution in [0.3, 0.4) is 0 Å². The summed E-state index contributed by atoms with van der Waals surface area (Å²) in [6, 6.07) is 4.19. The van der Waals surface area contributed by atoms with E-state index in [4.69, 9.17) is 4.74 Å². The van der Waals surface area contributed by atoms with Crippen molar-refractivity contribution >= 4 is 11.3 Å². The van der Waals surface area contributed by atoms with Crippen molar-refractivity contribution in [1.29, 1.82) is 0 Å². The maximum Gasteiger partial charge on any atom is 0.0935 e. The number of thiophene rings is 1. The number of aryl methyl sites for hydroxylation is 1. The molecule has 0 aliphatic carbocycles. The van der Waals surface area contributed by atoms with E-state index >= 15 is 0 Å². The van der Waals surface area contributed by atoms with E-state index in [0.29, 0.717) is 0 Å². The van der Waals surface area contributed by atoms with Crippen molar-refractivity contribution in [3.05, 3.63) is 21.9 Å². The zero-order chi connectivity index (χ0) is 11.5. The van der Waals surface area contributed by atoms with Gasteiger partial charge in [-0.05, 0) is 31.4 Å². The smallest absolute Gasteiger partial charge is 0.0935 e. The van der Waals surface area contributed by atoms with Gasteiger partial charge in [0.05, 0.1) is 12.2 Å². The number of aliphatic hydroxyl groups is 1. The van der Waals surface area contributed by atoms with Crippen LogP contribution in [0.2, 0.25) is 0 Å². The molecule has 0 spiro atoms. The first-order valence-electron chi connectivity index (χ1n) is 6.14. The quantitative estimate of drug-likeness (QED) is 0.876. The standard InChI is InChI=1S/C13H20O2S/c1-3-9-5-6-12(16-9)13(14)10-7-8-15-11(10)4-2/h5-6,10-11,13-14H,3-4,7-8H2,1-2H3. The number of hydrogen-bond donors (Lipinski definition) is 1. The molecule has 1 saturated heterocycles. The van der Waals surface area contributed by atoms with Crippen LogP contribution < -0.4 is 0 Å². The lowest BCUT2D eigenvalue weighted by atomic mass is 9.92. The molecule has 3 unspecified atom stereocenters. The SMILES string of the molecule is CCc1ccc(C(O)C2CCOC2CC)s1. The van der Waals surface area contributed by atoms with Gasteiger partial charge in [-0.2, -0.15) is 0 Å². The number of aliphatic hydroxyl groups excluding tert-OH is 1. The van der Waals surface area contributed by atoms with Gasteiger partial charge < -0.3 is 9.84 Å². The van der Waals surface area contributed by atoms with Crippen LogP contribution in [-0.4, -0.2) is 17.8 Å². The van der Waals surface area contributed by atoms with Gasteiger partial charge in [0, 0.05) is 22.3 Å². The van der Waals surface area contributed by atoms with Gasteiger partial charge >= 0.3 is 0 Å². The van der Waals surface area contributed by atoms with Gasteiger partial charge in [0.15, 0.2) is 0 Å². The fourth-order valence-corrected chi connectivity index (χ4v) is 3.42. The van der Waals surface area contributed by atoms with Crippen molar-refractivity contribution in [2.75, 3.05) is 6.61 Å². The summed E-state index contributed by atoms with van der Waals surface area (Å²) >= 11 is 1.73. The molecule has 0 saturated carbocycles. The molecule has 3 heteroatoms. The molecule has 3 atom stereocenters. The molecule has 1 aromatic rings. The van der Waals surface area contributed by atoms with Crippen molar-refractivity contribution in [2.45, 2.75) is 45.3 Å². The topological polar surface area (TPSA) is 29.5 Å². The summed E-state index contributed by atoms with van der Waals surface area (Å²) in [6.45, 7) is 5.07. The largest absolute Gasteiger partial charge is 0.387 e. The van der Waals surface area contributed by atoms with Crippen molar-refractivity contribution in [3.8, 4) is 0 Å². The number of rotatable bonds is 4. The molecule has 2 nitrogen and oxygen atoms in total. The first kappa shape index (κ1) is 12.1. The van der Waals surface area contributed by atoms with Gasteiger partial charge in [0.25, 0.3) is 0 Å². The second kappa shape index (κ2) is 5.30. The number of ether oxygens (including phenoxy) is 1. The summed E-state index contributed by atoms with van der Waals surface area (Å²) < 4.78 is 5.64. The molecule has 0 bridgehead atoms. The van der Waals surface area contributed by atoms with Crippen LogP contribution in [0.15, 0.2) is 12.1 Å². The predicted molar refractivity (Wildman–Crippen MR) is 66.8 cm³/mol. The summed E-state index contributed by atoms with van der Waals surface area (Å²) in [5.74, 6) is 0.286. The van der Waals surface area contributed by atoms with E-state index in [1.807, 2.05) is 0 Å². The lowest BCUT2D eigenvalue weighted by molar-refractivity contribution is 0.0322. The molecule has 2 heterocycles. The van der Waals surface area contributed by atoms with Crippen molar-refractivity contribution in [2.24, 2.45) is 5.92 Å². The van der Waals surface area contributed by atoms with Gasteiger partial charge in [-0.1, -0.05) is 13.8 Å². The molecular formula is C13H20O2S. The van der Waals surface area contributed by atoms with Crippen LogP contribution in [0.5, 0.6) is 0 Å². The summed E-state index contributed by atoms with van der Waals surface area (Å²) in [4.78, 5) is 2.45. The molecule has 90 valence electrons. The Morgan fingerprint density at radius 2 is 2.31 bits per heavy atom. The minimum Gasteiger partial charge on any atom is -0.387 e. The van der Waals surface area contributed by atoms with E-state index in [0.717, 1.165) is 30.7 Å². The zero-order valence-corrected chi connectivity index (χ0v) is 10.8. The maximum absolute atomic E-state index is 10.4. The van der Waals surface area contributed by atoms with Gasteiger partial charge in [-0.15, -0.1) is 11.3 Å². The first-order chi connectivity index (χ1) is 7.76. The van der Waals surface area contributed by atoms with Gasteiger partial charge in [0.2, 0.25) is 0 Å². The average Bonchev–Trinajstić information content (AvgIpc) is 2.96. The second-order valence-electron chi connectivity index (χ2n) is 4.37. The summed E-state index contributed by atoms with van der Waals surface area (Å²) in [5, 5.41) is 10.4. The van der Waals surface area contributed by atoms with Gasteiger partial charge in [-0.3, -0.25) is 0 Å². The van der Waals surface area contributed by atoms with E-state index in [-0.39, 0.29) is 18.1 Å². The molecule has 1 fully saturated rings. The highest BCUT2D eigenvalue weighted by molar-refractivity contribution is 7.12. The van der Waals surface area contributed by atoms with Crippen LogP contribution in [0.25, 0.3) is 0 Å². The van der Waals surface area contributed by atoms with E-state index in [1.165, 1.54) is 4.88 Å². The summed E-state index contributed by atoms with van der Waals surface area (Å²) in [5.41, 5.74) is 0. The van der Waals surface area contributed by atoms with Crippen LogP contribution in [-0.2, 0) is 11.2 Å². The monoisotopic (exact) mass is 240 g/mol. The minimum atomic E-state index is -0.335. The Hall–Kier alpha value is -0.380. The Bertz CT molecular complexity index is 334. The summed E-state index contributed by atoms with van der Waals surface area (Å²) in [7, 11) is 0.